The fraction of sp³-hybridized carbons (Fsp3) is 0.0909. The molecule has 0 bridgehead atoms. The summed E-state index contributed by atoms with van der Waals surface area (Å²) in [5.41, 5.74) is 0.202. The highest BCUT2D eigenvalue weighted by molar-refractivity contribution is 7.93. The van der Waals surface area contributed by atoms with Gasteiger partial charge >= 0.3 is 0 Å². The lowest BCUT2D eigenvalue weighted by molar-refractivity contribution is 0.588. The Balaban J connectivity index is 2.29. The van der Waals surface area contributed by atoms with Crippen molar-refractivity contribution in [3.8, 4) is 0 Å². The molecule has 0 aliphatic heterocycles. The van der Waals surface area contributed by atoms with E-state index in [0.29, 0.717) is 0 Å². The number of anilines is 1. The summed E-state index contributed by atoms with van der Waals surface area (Å²) in [6, 6.07) is 6.49. The summed E-state index contributed by atoms with van der Waals surface area (Å²) < 4.78 is 52.3. The van der Waals surface area contributed by atoms with Crippen molar-refractivity contribution in [2.24, 2.45) is 0 Å². The maximum atomic E-state index is 12.2. The van der Waals surface area contributed by atoms with Gasteiger partial charge in [-0.1, -0.05) is 23.2 Å². The molecule has 0 amide bonds. The minimum atomic E-state index is -3.90. The average molecular weight is 401 g/mol. The largest absolute Gasteiger partial charge is 0.280 e. The molecule has 11 heteroatoms. The topological polar surface area (TPSA) is 92.3 Å². The summed E-state index contributed by atoms with van der Waals surface area (Å²) in [5.74, 6) is 0. The van der Waals surface area contributed by atoms with Gasteiger partial charge in [0, 0.05) is 5.69 Å². The molecule has 0 saturated carbocycles. The van der Waals surface area contributed by atoms with E-state index in [4.69, 9.17) is 23.2 Å². The zero-order valence-corrected chi connectivity index (χ0v) is 15.0. The molecule has 2 rings (SSSR count). The Labute approximate surface area is 142 Å². The Kier molecular flexibility index (Phi) is 5.05. The van der Waals surface area contributed by atoms with Gasteiger partial charge in [-0.2, -0.15) is 0 Å². The van der Waals surface area contributed by atoms with E-state index >= 15 is 0 Å². The van der Waals surface area contributed by atoms with E-state index in [1.807, 2.05) is 0 Å². The summed E-state index contributed by atoms with van der Waals surface area (Å²) in [6.07, 6.45) is 0. The van der Waals surface area contributed by atoms with Crippen LogP contribution in [0.4, 0.5) is 5.69 Å². The van der Waals surface area contributed by atoms with Crippen LogP contribution in [0.3, 0.4) is 0 Å². The van der Waals surface area contributed by atoms with E-state index in [1.54, 1.807) is 0 Å². The van der Waals surface area contributed by atoms with E-state index < -0.39 is 20.0 Å². The van der Waals surface area contributed by atoms with Gasteiger partial charge in [0.25, 0.3) is 10.0 Å². The van der Waals surface area contributed by atoms with Crippen molar-refractivity contribution < 1.29 is 16.8 Å². The van der Waals surface area contributed by atoms with Gasteiger partial charge < -0.3 is 0 Å². The highest BCUT2D eigenvalue weighted by atomic mass is 35.5. The highest BCUT2D eigenvalue weighted by Gasteiger charge is 2.21. The van der Waals surface area contributed by atoms with Crippen LogP contribution < -0.4 is 9.44 Å². The smallest absolute Gasteiger partial charge is 0.264 e. The summed E-state index contributed by atoms with van der Waals surface area (Å²) in [7, 11) is -6.19. The normalized spacial score (nSPS) is 12.3. The van der Waals surface area contributed by atoms with Crippen LogP contribution in [0.15, 0.2) is 40.1 Å². The van der Waals surface area contributed by atoms with Crippen molar-refractivity contribution in [1.82, 2.24) is 4.72 Å². The molecule has 0 fully saturated rings. The Morgan fingerprint density at radius 1 is 1.00 bits per heavy atom. The van der Waals surface area contributed by atoms with Crippen molar-refractivity contribution in [3.63, 3.8) is 0 Å². The SMILES string of the molecule is CNS(=O)(=O)c1ccc(NS(=O)(=O)c2cc(Cl)sc2Cl)cc1. The summed E-state index contributed by atoms with van der Waals surface area (Å²) in [4.78, 5) is -0.106. The minimum absolute atomic E-state index is 0.0227. The van der Waals surface area contributed by atoms with Crippen molar-refractivity contribution in [1.29, 1.82) is 0 Å². The minimum Gasteiger partial charge on any atom is -0.280 e. The van der Waals surface area contributed by atoms with Crippen LogP contribution in [0.5, 0.6) is 0 Å². The maximum absolute atomic E-state index is 12.2. The first-order chi connectivity index (χ1) is 10.2. The van der Waals surface area contributed by atoms with E-state index in [0.717, 1.165) is 11.3 Å². The van der Waals surface area contributed by atoms with Crippen LogP contribution in [0, 0.1) is 0 Å². The second-order valence-corrected chi connectivity index (χ2v) is 9.85. The number of hydrogen-bond acceptors (Lipinski definition) is 5. The number of rotatable bonds is 5. The van der Waals surface area contributed by atoms with Crippen LogP contribution in [0.25, 0.3) is 0 Å². The maximum Gasteiger partial charge on any atom is 0.264 e. The molecule has 0 aliphatic rings. The molecule has 2 N–H and O–H groups in total. The van der Waals surface area contributed by atoms with E-state index in [1.165, 1.54) is 37.4 Å². The third-order valence-corrected chi connectivity index (χ3v) is 7.17. The number of sulfonamides is 2. The van der Waals surface area contributed by atoms with Gasteiger partial charge in [-0.05, 0) is 37.4 Å². The number of halogens is 2. The second-order valence-electron chi connectivity index (χ2n) is 4.03. The van der Waals surface area contributed by atoms with Gasteiger partial charge in [0.05, 0.1) is 9.23 Å². The predicted octanol–water partition coefficient (Wildman–Crippen LogP) is 2.76. The van der Waals surface area contributed by atoms with Gasteiger partial charge in [0.1, 0.15) is 9.23 Å². The van der Waals surface area contributed by atoms with Crippen LogP contribution in [-0.4, -0.2) is 23.9 Å². The molecular formula is C11H10Cl2N2O4S3. The van der Waals surface area contributed by atoms with Crippen LogP contribution in [-0.2, 0) is 20.0 Å². The van der Waals surface area contributed by atoms with Gasteiger partial charge in [-0.25, -0.2) is 21.6 Å². The molecular weight excluding hydrogens is 391 g/mol. The second kappa shape index (κ2) is 6.34. The summed E-state index contributed by atoms with van der Waals surface area (Å²) >= 11 is 12.5. The molecule has 0 atom stereocenters. The molecule has 120 valence electrons. The Hall–Kier alpha value is -0.840. The molecule has 1 aromatic carbocycles. The van der Waals surface area contributed by atoms with Crippen molar-refractivity contribution >= 4 is 60.3 Å². The molecule has 1 heterocycles. The molecule has 0 unspecified atom stereocenters. The molecule has 22 heavy (non-hydrogen) atoms. The predicted molar refractivity (Wildman–Crippen MR) is 87.8 cm³/mol. The van der Waals surface area contributed by atoms with Crippen LogP contribution in [0.1, 0.15) is 0 Å². The first-order valence-electron chi connectivity index (χ1n) is 5.67. The first-order valence-corrected chi connectivity index (χ1v) is 10.2. The van der Waals surface area contributed by atoms with Gasteiger partial charge in [-0.15, -0.1) is 11.3 Å². The fourth-order valence-electron chi connectivity index (χ4n) is 1.54. The first kappa shape index (κ1) is 17.5. The third-order valence-electron chi connectivity index (χ3n) is 2.60. The average Bonchev–Trinajstić information content (AvgIpc) is 2.79. The monoisotopic (exact) mass is 400 g/mol. The van der Waals surface area contributed by atoms with E-state index in [2.05, 4.69) is 9.44 Å². The molecule has 0 spiro atoms. The standard InChI is InChI=1S/C11H10Cl2N2O4S3/c1-14-21(16,17)8-4-2-7(3-5-8)15-22(18,19)9-6-10(12)20-11(9)13/h2-6,14-15H,1H3. The molecule has 0 radical (unpaired) electrons. The quantitative estimate of drug-likeness (QED) is 0.806. The third kappa shape index (κ3) is 3.73. The zero-order valence-electron chi connectivity index (χ0n) is 11.0. The van der Waals surface area contributed by atoms with Gasteiger partial charge in [0.15, 0.2) is 0 Å². The van der Waals surface area contributed by atoms with Crippen molar-refractivity contribution in [2.75, 3.05) is 11.8 Å². The Morgan fingerprint density at radius 3 is 2.05 bits per heavy atom. The van der Waals surface area contributed by atoms with E-state index in [-0.39, 0.29) is 24.2 Å². The lowest BCUT2D eigenvalue weighted by atomic mass is 10.3. The van der Waals surface area contributed by atoms with Crippen LogP contribution in [0.2, 0.25) is 8.67 Å². The van der Waals surface area contributed by atoms with Crippen molar-refractivity contribution in [3.05, 3.63) is 39.0 Å². The molecule has 0 saturated heterocycles. The Bertz CT molecular complexity index is 890. The molecule has 2 aromatic rings. The molecule has 6 nitrogen and oxygen atoms in total. The van der Waals surface area contributed by atoms with Gasteiger partial charge in [-0.3, -0.25) is 4.72 Å². The molecule has 0 aliphatic carbocycles. The molecule has 1 aromatic heterocycles. The van der Waals surface area contributed by atoms with E-state index in [9.17, 15) is 16.8 Å². The van der Waals surface area contributed by atoms with Crippen molar-refractivity contribution in [2.45, 2.75) is 9.79 Å². The number of nitrogens with one attached hydrogen (secondary N) is 2. The number of hydrogen-bond donors (Lipinski definition) is 2. The van der Waals surface area contributed by atoms with Crippen LogP contribution >= 0.6 is 34.5 Å². The fourth-order valence-corrected chi connectivity index (χ4v) is 5.48. The lowest BCUT2D eigenvalue weighted by Gasteiger charge is -2.08. The zero-order chi connectivity index (χ0) is 16.5. The summed E-state index contributed by atoms with van der Waals surface area (Å²) in [5, 5.41) is 0. The summed E-state index contributed by atoms with van der Waals surface area (Å²) in [6.45, 7) is 0. The lowest BCUT2D eigenvalue weighted by Crippen LogP contribution is -2.18. The van der Waals surface area contributed by atoms with Gasteiger partial charge in [0.2, 0.25) is 10.0 Å². The Morgan fingerprint density at radius 2 is 1.59 bits per heavy atom. The number of thiophene rings is 1. The number of benzene rings is 1. The highest BCUT2D eigenvalue weighted by Crippen LogP contribution is 2.35.